The number of ether oxygens (including phenoxy) is 3. The largest absolute Gasteiger partial charge is 0.507 e. The lowest BCUT2D eigenvalue weighted by Crippen LogP contribution is -2.31. The summed E-state index contributed by atoms with van der Waals surface area (Å²) in [6, 6.07) is 19.9. The van der Waals surface area contributed by atoms with Gasteiger partial charge >= 0.3 is 0 Å². The van der Waals surface area contributed by atoms with Crippen LogP contribution in [0.3, 0.4) is 0 Å². The number of nitrogens with zero attached hydrogens (tertiary/aromatic N) is 1. The Kier molecular flexibility index (Phi) is 8.86. The summed E-state index contributed by atoms with van der Waals surface area (Å²) in [5.74, 6) is 0.882. The second-order valence-electron chi connectivity index (χ2n) is 11.4. The topological polar surface area (TPSA) is 85.3 Å². The molecule has 3 aromatic carbocycles. The lowest BCUT2D eigenvalue weighted by molar-refractivity contribution is -0.139. The number of hydrogen-bond acceptors (Lipinski definition) is 6. The predicted molar refractivity (Wildman–Crippen MR) is 162 cm³/mol. The van der Waals surface area contributed by atoms with Gasteiger partial charge in [-0.1, -0.05) is 50.2 Å². The molecule has 2 atom stereocenters. The number of carbonyl (C=O) groups excluding carboxylic acids is 2. The summed E-state index contributed by atoms with van der Waals surface area (Å²) >= 11 is 0. The molecule has 0 aliphatic carbocycles. The van der Waals surface area contributed by atoms with Crippen LogP contribution in [0.4, 0.5) is 0 Å². The van der Waals surface area contributed by atoms with Gasteiger partial charge in [-0.2, -0.15) is 0 Å². The molecule has 0 aromatic heterocycles. The molecule has 7 nitrogen and oxygen atoms in total. The van der Waals surface area contributed by atoms with Crippen LogP contribution < -0.4 is 14.2 Å². The summed E-state index contributed by atoms with van der Waals surface area (Å²) in [4.78, 5) is 28.7. The Morgan fingerprint density at radius 3 is 2.55 bits per heavy atom. The third kappa shape index (κ3) is 6.15. The maximum atomic E-state index is 13.6. The van der Waals surface area contributed by atoms with Crippen LogP contribution in [0.15, 0.2) is 72.3 Å². The molecule has 1 amide bonds. The minimum atomic E-state index is -0.791. The second kappa shape index (κ2) is 12.7. The van der Waals surface area contributed by atoms with E-state index in [1.807, 2.05) is 74.5 Å². The first-order chi connectivity index (χ1) is 20.3. The third-order valence-electron chi connectivity index (χ3n) is 7.73. The molecule has 2 aliphatic heterocycles. The SMILES string of the molecule is CCOc1cc([C@@H]2C(=C(O)c3ccc4c(c3)C[C@@H](C)O4)C(=O)C(=O)N2CCc2ccccc2)ccc1OCCC(C)C. The normalized spacial score (nSPS) is 19.2. The van der Waals surface area contributed by atoms with E-state index >= 15 is 0 Å². The van der Waals surface area contributed by atoms with Crippen molar-refractivity contribution >= 4 is 17.4 Å². The lowest BCUT2D eigenvalue weighted by Gasteiger charge is -2.26. The summed E-state index contributed by atoms with van der Waals surface area (Å²) in [5, 5.41) is 11.6. The van der Waals surface area contributed by atoms with Gasteiger partial charge in [0.2, 0.25) is 0 Å². The van der Waals surface area contributed by atoms with E-state index in [0.29, 0.717) is 61.1 Å². The minimum absolute atomic E-state index is 0.0409. The van der Waals surface area contributed by atoms with Crippen LogP contribution in [0.2, 0.25) is 0 Å². The number of aliphatic hydroxyl groups excluding tert-OH is 1. The first-order valence-corrected chi connectivity index (χ1v) is 14.8. The average molecular weight is 570 g/mol. The third-order valence-corrected chi connectivity index (χ3v) is 7.73. The fourth-order valence-corrected chi connectivity index (χ4v) is 5.56. The quantitative estimate of drug-likeness (QED) is 0.161. The number of hydrogen-bond donors (Lipinski definition) is 1. The van der Waals surface area contributed by atoms with Crippen molar-refractivity contribution in [2.45, 2.75) is 59.1 Å². The molecule has 3 aromatic rings. The molecule has 0 spiro atoms. The first-order valence-electron chi connectivity index (χ1n) is 14.8. The van der Waals surface area contributed by atoms with E-state index in [-0.39, 0.29) is 17.4 Å². The Hall–Kier alpha value is -4.26. The van der Waals surface area contributed by atoms with Gasteiger partial charge in [0.25, 0.3) is 11.7 Å². The molecule has 1 N–H and O–H groups in total. The highest BCUT2D eigenvalue weighted by Crippen LogP contribution is 2.43. The summed E-state index contributed by atoms with van der Waals surface area (Å²) in [6.45, 7) is 9.45. The number of ketones is 1. The molecule has 7 heteroatoms. The zero-order valence-electron chi connectivity index (χ0n) is 24.8. The molecule has 42 heavy (non-hydrogen) atoms. The van der Waals surface area contributed by atoms with Crippen molar-refractivity contribution in [3.8, 4) is 17.2 Å². The van der Waals surface area contributed by atoms with E-state index in [1.165, 1.54) is 0 Å². The van der Waals surface area contributed by atoms with Crippen LogP contribution in [-0.2, 0) is 22.4 Å². The predicted octanol–water partition coefficient (Wildman–Crippen LogP) is 6.50. The number of benzene rings is 3. The molecular formula is C35H39NO6. The standard InChI is InChI=1S/C35H39NO6/c1-5-40-30-21-25(11-14-29(30)41-18-16-22(2)3)32-31(33(37)26-12-13-28-27(20-26)19-23(4)42-28)34(38)35(39)36(32)17-15-24-9-7-6-8-10-24/h6-14,20-23,32,37H,5,15-19H2,1-4H3/t23-,32-/m1/s1. The molecule has 1 saturated heterocycles. The van der Waals surface area contributed by atoms with Crippen LogP contribution in [0.1, 0.15) is 62.4 Å². The second-order valence-corrected chi connectivity index (χ2v) is 11.4. The van der Waals surface area contributed by atoms with E-state index in [0.717, 1.165) is 23.3 Å². The van der Waals surface area contributed by atoms with E-state index in [4.69, 9.17) is 14.2 Å². The van der Waals surface area contributed by atoms with Crippen LogP contribution in [0.5, 0.6) is 17.2 Å². The minimum Gasteiger partial charge on any atom is -0.507 e. The number of fused-ring (bicyclic) bond motifs is 1. The molecule has 0 bridgehead atoms. The number of Topliss-reactive ketones (excluding diaryl/α,β-unsaturated/α-hetero) is 1. The van der Waals surface area contributed by atoms with Crippen LogP contribution in [-0.4, -0.2) is 47.6 Å². The number of carbonyl (C=O) groups is 2. The van der Waals surface area contributed by atoms with Crippen molar-refractivity contribution in [1.29, 1.82) is 0 Å². The average Bonchev–Trinajstić information content (AvgIpc) is 3.47. The molecule has 2 aliphatic rings. The van der Waals surface area contributed by atoms with Crippen molar-refractivity contribution in [1.82, 2.24) is 4.90 Å². The number of likely N-dealkylation sites (tertiary alicyclic amines) is 1. The molecular weight excluding hydrogens is 530 g/mol. The Morgan fingerprint density at radius 1 is 1.02 bits per heavy atom. The Bertz CT molecular complexity index is 1480. The van der Waals surface area contributed by atoms with E-state index in [2.05, 4.69) is 13.8 Å². The van der Waals surface area contributed by atoms with E-state index < -0.39 is 17.7 Å². The van der Waals surface area contributed by atoms with Crippen LogP contribution >= 0.6 is 0 Å². The summed E-state index contributed by atoms with van der Waals surface area (Å²) < 4.78 is 17.8. The van der Waals surface area contributed by atoms with Crippen molar-refractivity contribution in [2.24, 2.45) is 5.92 Å². The fraction of sp³-hybridized carbons (Fsp3) is 0.371. The maximum absolute atomic E-state index is 13.6. The molecule has 220 valence electrons. The Balaban J connectivity index is 1.56. The van der Waals surface area contributed by atoms with Gasteiger partial charge in [-0.05, 0) is 79.6 Å². The number of amides is 1. The highest BCUT2D eigenvalue weighted by atomic mass is 16.5. The monoisotopic (exact) mass is 569 g/mol. The highest BCUT2D eigenvalue weighted by molar-refractivity contribution is 6.46. The van der Waals surface area contributed by atoms with Crippen molar-refractivity contribution in [3.63, 3.8) is 0 Å². The molecule has 0 radical (unpaired) electrons. The van der Waals surface area contributed by atoms with Gasteiger partial charge in [0.05, 0.1) is 24.8 Å². The zero-order chi connectivity index (χ0) is 29.8. The van der Waals surface area contributed by atoms with Gasteiger partial charge in [0.15, 0.2) is 11.5 Å². The molecule has 2 heterocycles. The van der Waals surface area contributed by atoms with Gasteiger partial charge in [0, 0.05) is 18.5 Å². The van der Waals surface area contributed by atoms with E-state index in [9.17, 15) is 14.7 Å². The molecule has 5 rings (SSSR count). The van der Waals surface area contributed by atoms with Crippen molar-refractivity contribution in [2.75, 3.05) is 19.8 Å². The Morgan fingerprint density at radius 2 is 1.81 bits per heavy atom. The Labute approximate surface area is 247 Å². The smallest absolute Gasteiger partial charge is 0.295 e. The molecule has 0 unspecified atom stereocenters. The zero-order valence-corrected chi connectivity index (χ0v) is 24.8. The maximum Gasteiger partial charge on any atom is 0.295 e. The van der Waals surface area contributed by atoms with Gasteiger partial charge < -0.3 is 24.2 Å². The fourth-order valence-electron chi connectivity index (χ4n) is 5.56. The van der Waals surface area contributed by atoms with Crippen molar-refractivity contribution in [3.05, 3.63) is 94.6 Å². The number of rotatable bonds is 11. The number of aliphatic hydroxyl groups is 1. The first kappa shape index (κ1) is 29.2. The lowest BCUT2D eigenvalue weighted by atomic mass is 9.94. The summed E-state index contributed by atoms with van der Waals surface area (Å²) in [5.41, 5.74) is 3.23. The van der Waals surface area contributed by atoms with E-state index in [1.54, 1.807) is 11.0 Å². The van der Waals surface area contributed by atoms with Gasteiger partial charge in [-0.15, -0.1) is 0 Å². The van der Waals surface area contributed by atoms with Gasteiger partial charge in [-0.25, -0.2) is 0 Å². The van der Waals surface area contributed by atoms with Crippen LogP contribution in [0, 0.1) is 5.92 Å². The van der Waals surface area contributed by atoms with Crippen LogP contribution in [0.25, 0.3) is 5.76 Å². The summed E-state index contributed by atoms with van der Waals surface area (Å²) in [6.07, 6.45) is 2.21. The highest BCUT2D eigenvalue weighted by Gasteiger charge is 2.46. The van der Waals surface area contributed by atoms with Gasteiger partial charge in [0.1, 0.15) is 17.6 Å². The molecule has 0 saturated carbocycles. The van der Waals surface area contributed by atoms with Gasteiger partial charge in [-0.3, -0.25) is 9.59 Å². The molecule has 1 fully saturated rings. The van der Waals surface area contributed by atoms with Crippen molar-refractivity contribution < 1.29 is 28.9 Å². The summed E-state index contributed by atoms with van der Waals surface area (Å²) in [7, 11) is 0.